The van der Waals surface area contributed by atoms with E-state index in [1.54, 1.807) is 0 Å². The largest absolute Gasteiger partial charge is 0.573 e. The van der Waals surface area contributed by atoms with Crippen LogP contribution in [-0.4, -0.2) is 52.5 Å². The number of morpholine rings is 1. The van der Waals surface area contributed by atoms with Gasteiger partial charge < -0.3 is 9.47 Å². The SMILES string of the molecule is Cc1ccc(C(CNS(=O)(=O)c2cccc(OC(F)(F)F)c2)N2CCOCC2)cc1. The number of hydrogen-bond donors (Lipinski definition) is 1. The first-order valence-electron chi connectivity index (χ1n) is 9.38. The van der Waals surface area contributed by atoms with Crippen molar-refractivity contribution in [2.24, 2.45) is 0 Å². The first-order valence-corrected chi connectivity index (χ1v) is 10.9. The molecule has 0 bridgehead atoms. The highest BCUT2D eigenvalue weighted by Crippen LogP contribution is 2.26. The molecule has 0 radical (unpaired) electrons. The number of benzene rings is 2. The summed E-state index contributed by atoms with van der Waals surface area (Å²) >= 11 is 0. The van der Waals surface area contributed by atoms with Crippen LogP contribution in [0.4, 0.5) is 13.2 Å². The quantitative estimate of drug-likeness (QED) is 0.710. The van der Waals surface area contributed by atoms with Crippen molar-refractivity contribution in [2.45, 2.75) is 24.2 Å². The van der Waals surface area contributed by atoms with Crippen LogP contribution in [0.2, 0.25) is 0 Å². The number of rotatable bonds is 7. The monoisotopic (exact) mass is 444 g/mol. The van der Waals surface area contributed by atoms with Crippen LogP contribution in [0.5, 0.6) is 5.75 Å². The van der Waals surface area contributed by atoms with E-state index in [0.717, 1.165) is 23.3 Å². The lowest BCUT2D eigenvalue weighted by Crippen LogP contribution is -2.43. The maximum atomic E-state index is 12.7. The Balaban J connectivity index is 1.78. The third-order valence-corrected chi connectivity index (χ3v) is 6.19. The summed E-state index contributed by atoms with van der Waals surface area (Å²) in [6.45, 7) is 4.42. The fraction of sp³-hybridized carbons (Fsp3) is 0.400. The van der Waals surface area contributed by atoms with Crippen molar-refractivity contribution in [2.75, 3.05) is 32.8 Å². The minimum absolute atomic E-state index is 0.0652. The lowest BCUT2D eigenvalue weighted by Gasteiger charge is -2.35. The fourth-order valence-electron chi connectivity index (χ4n) is 3.25. The molecular formula is C20H23F3N2O4S. The standard InChI is InChI=1S/C20H23F3N2O4S/c1-15-5-7-16(8-6-15)19(25-9-11-28-12-10-25)14-24-30(26,27)18-4-2-3-17(13-18)29-20(21,22)23/h2-8,13,19,24H,9-12,14H2,1H3. The Morgan fingerprint density at radius 1 is 1.13 bits per heavy atom. The molecule has 1 fully saturated rings. The molecule has 0 aromatic heterocycles. The summed E-state index contributed by atoms with van der Waals surface area (Å²) in [7, 11) is -4.04. The smallest absolute Gasteiger partial charge is 0.406 e. The molecule has 30 heavy (non-hydrogen) atoms. The van der Waals surface area contributed by atoms with E-state index >= 15 is 0 Å². The molecule has 1 unspecified atom stereocenters. The van der Waals surface area contributed by atoms with Crippen molar-refractivity contribution in [1.82, 2.24) is 9.62 Å². The second-order valence-electron chi connectivity index (χ2n) is 6.95. The van der Waals surface area contributed by atoms with E-state index in [1.165, 1.54) is 12.1 Å². The minimum atomic E-state index is -4.90. The van der Waals surface area contributed by atoms with Crippen LogP contribution in [0, 0.1) is 6.92 Å². The molecule has 10 heteroatoms. The number of alkyl halides is 3. The first-order chi connectivity index (χ1) is 14.1. The van der Waals surface area contributed by atoms with Gasteiger partial charge in [-0.3, -0.25) is 4.90 Å². The zero-order valence-electron chi connectivity index (χ0n) is 16.4. The molecule has 0 amide bonds. The van der Waals surface area contributed by atoms with Gasteiger partial charge in [-0.1, -0.05) is 35.9 Å². The highest BCUT2D eigenvalue weighted by atomic mass is 32.2. The van der Waals surface area contributed by atoms with E-state index in [1.807, 2.05) is 31.2 Å². The molecule has 1 N–H and O–H groups in total. The van der Waals surface area contributed by atoms with Crippen LogP contribution in [0.15, 0.2) is 53.4 Å². The minimum Gasteiger partial charge on any atom is -0.406 e. The van der Waals surface area contributed by atoms with Crippen molar-refractivity contribution in [3.05, 3.63) is 59.7 Å². The number of sulfonamides is 1. The van der Waals surface area contributed by atoms with Gasteiger partial charge in [0.1, 0.15) is 5.75 Å². The van der Waals surface area contributed by atoms with Gasteiger partial charge in [0.15, 0.2) is 0 Å². The third kappa shape index (κ3) is 6.18. The lowest BCUT2D eigenvalue weighted by atomic mass is 10.0. The van der Waals surface area contributed by atoms with Gasteiger partial charge in [0, 0.05) is 31.7 Å². The summed E-state index contributed by atoms with van der Waals surface area (Å²) in [6.07, 6.45) is -4.90. The summed E-state index contributed by atoms with van der Waals surface area (Å²) in [6, 6.07) is 11.9. The van der Waals surface area contributed by atoms with Crippen LogP contribution < -0.4 is 9.46 Å². The van der Waals surface area contributed by atoms with Crippen molar-refractivity contribution in [3.8, 4) is 5.75 Å². The van der Waals surface area contributed by atoms with E-state index in [4.69, 9.17) is 4.74 Å². The number of halogens is 3. The zero-order chi connectivity index (χ0) is 21.8. The molecule has 164 valence electrons. The molecule has 6 nitrogen and oxygen atoms in total. The average Bonchev–Trinajstić information content (AvgIpc) is 2.69. The van der Waals surface area contributed by atoms with Crippen LogP contribution in [0.25, 0.3) is 0 Å². The van der Waals surface area contributed by atoms with Crippen molar-refractivity contribution in [3.63, 3.8) is 0 Å². The first kappa shape index (κ1) is 22.5. The topological polar surface area (TPSA) is 67.9 Å². The number of hydrogen-bond acceptors (Lipinski definition) is 5. The molecule has 1 aliphatic heterocycles. The Morgan fingerprint density at radius 3 is 2.43 bits per heavy atom. The lowest BCUT2D eigenvalue weighted by molar-refractivity contribution is -0.274. The van der Waals surface area contributed by atoms with Crippen molar-refractivity contribution >= 4 is 10.0 Å². The number of nitrogens with one attached hydrogen (secondary N) is 1. The predicted octanol–water partition coefficient (Wildman–Crippen LogP) is 3.25. The van der Waals surface area contributed by atoms with Crippen LogP contribution in [0.3, 0.4) is 0 Å². The molecule has 0 aliphatic carbocycles. The number of nitrogens with zero attached hydrogens (tertiary/aromatic N) is 1. The van der Waals surface area contributed by atoms with E-state index in [0.29, 0.717) is 26.3 Å². The van der Waals surface area contributed by atoms with Crippen molar-refractivity contribution in [1.29, 1.82) is 0 Å². The van der Waals surface area contributed by atoms with Crippen LogP contribution in [0.1, 0.15) is 17.2 Å². The second-order valence-corrected chi connectivity index (χ2v) is 8.72. The average molecular weight is 444 g/mol. The summed E-state index contributed by atoms with van der Waals surface area (Å²) in [5.41, 5.74) is 2.03. The summed E-state index contributed by atoms with van der Waals surface area (Å²) in [5.74, 6) is -0.589. The second kappa shape index (κ2) is 9.34. The van der Waals surface area contributed by atoms with E-state index in [-0.39, 0.29) is 17.5 Å². The van der Waals surface area contributed by atoms with Gasteiger partial charge in [-0.15, -0.1) is 13.2 Å². The Labute approximate surface area is 173 Å². The Hall–Kier alpha value is -2.14. The highest BCUT2D eigenvalue weighted by Gasteiger charge is 2.32. The molecular weight excluding hydrogens is 421 g/mol. The Morgan fingerprint density at radius 2 is 1.80 bits per heavy atom. The number of ether oxygens (including phenoxy) is 2. The molecule has 1 atom stereocenters. The molecule has 3 rings (SSSR count). The Kier molecular flexibility index (Phi) is 7.02. The maximum absolute atomic E-state index is 12.7. The summed E-state index contributed by atoms with van der Waals surface area (Å²) in [5, 5.41) is 0. The molecule has 0 saturated carbocycles. The summed E-state index contributed by atoms with van der Waals surface area (Å²) in [4.78, 5) is 1.83. The van der Waals surface area contributed by atoms with Gasteiger partial charge in [-0.25, -0.2) is 13.1 Å². The van der Waals surface area contributed by atoms with Crippen LogP contribution >= 0.6 is 0 Å². The van der Waals surface area contributed by atoms with E-state index in [9.17, 15) is 21.6 Å². The predicted molar refractivity (Wildman–Crippen MR) is 105 cm³/mol. The van der Waals surface area contributed by atoms with Gasteiger partial charge in [-0.05, 0) is 24.6 Å². The van der Waals surface area contributed by atoms with Gasteiger partial charge >= 0.3 is 6.36 Å². The maximum Gasteiger partial charge on any atom is 0.573 e. The molecule has 2 aromatic carbocycles. The molecule has 2 aromatic rings. The van der Waals surface area contributed by atoms with Gasteiger partial charge in [0.25, 0.3) is 0 Å². The number of aryl methyl sites for hydroxylation is 1. The normalized spacial score (nSPS) is 16.9. The molecule has 0 spiro atoms. The highest BCUT2D eigenvalue weighted by molar-refractivity contribution is 7.89. The molecule has 1 saturated heterocycles. The van der Waals surface area contributed by atoms with E-state index < -0.39 is 22.1 Å². The van der Waals surface area contributed by atoms with E-state index in [2.05, 4.69) is 14.4 Å². The fourth-order valence-corrected chi connectivity index (χ4v) is 4.32. The van der Waals surface area contributed by atoms with Gasteiger partial charge in [0.05, 0.1) is 18.1 Å². The van der Waals surface area contributed by atoms with Gasteiger partial charge in [-0.2, -0.15) is 0 Å². The van der Waals surface area contributed by atoms with Crippen LogP contribution in [-0.2, 0) is 14.8 Å². The Bertz CT molecular complexity index is 943. The van der Waals surface area contributed by atoms with Crippen molar-refractivity contribution < 1.29 is 31.1 Å². The third-order valence-electron chi connectivity index (χ3n) is 4.76. The molecule has 1 aliphatic rings. The molecule has 1 heterocycles. The van der Waals surface area contributed by atoms with Gasteiger partial charge in [0.2, 0.25) is 10.0 Å². The zero-order valence-corrected chi connectivity index (χ0v) is 17.2. The summed E-state index contributed by atoms with van der Waals surface area (Å²) < 4.78 is 74.5.